The Hall–Kier alpha value is -4.05. The van der Waals surface area contributed by atoms with E-state index in [-0.39, 0.29) is 17.3 Å². The van der Waals surface area contributed by atoms with Gasteiger partial charge in [0.2, 0.25) is 0 Å². The van der Waals surface area contributed by atoms with Gasteiger partial charge in [0.15, 0.2) is 30.3 Å². The molecule has 0 aliphatic carbocycles. The number of benzene rings is 1. The topological polar surface area (TPSA) is 181 Å². The Morgan fingerprint density at radius 3 is 2.74 bits per heavy atom. The first-order valence-electron chi connectivity index (χ1n) is 15.6. The number of nitrogens with two attached hydrogens (primary N) is 1. The zero-order valence-electron chi connectivity index (χ0n) is 25.8. The lowest BCUT2D eigenvalue weighted by Gasteiger charge is -2.30. The minimum absolute atomic E-state index is 0.103. The van der Waals surface area contributed by atoms with E-state index < -0.39 is 54.8 Å². The van der Waals surface area contributed by atoms with Gasteiger partial charge in [0.25, 0.3) is 5.91 Å². The fourth-order valence-corrected chi connectivity index (χ4v) is 7.29. The number of nitrogen functional groups attached to an aromatic ring is 1. The first-order valence-corrected chi connectivity index (χ1v) is 16.5. The number of urea groups is 1. The molecule has 0 spiro atoms. The number of carbonyl (C=O) groups excluding carboxylic acids is 2. The summed E-state index contributed by atoms with van der Waals surface area (Å²) in [6.07, 6.45) is 1.92. The quantitative estimate of drug-likeness (QED) is 0.222. The summed E-state index contributed by atoms with van der Waals surface area (Å²) in [6, 6.07) is 6.54. The highest BCUT2D eigenvalue weighted by molar-refractivity contribution is 7.17. The maximum atomic E-state index is 13.9. The molecule has 5 N–H and O–H groups in total. The van der Waals surface area contributed by atoms with E-state index in [1.165, 1.54) is 11.2 Å². The van der Waals surface area contributed by atoms with Gasteiger partial charge in [-0.2, -0.15) is 0 Å². The van der Waals surface area contributed by atoms with E-state index >= 15 is 0 Å². The average Bonchev–Trinajstić information content (AvgIpc) is 3.84. The summed E-state index contributed by atoms with van der Waals surface area (Å²) in [5.74, 6) is -1.15. The molecular weight excluding hydrogens is 614 g/mol. The number of carboxylic acids is 1. The molecule has 6 atom stereocenters. The van der Waals surface area contributed by atoms with E-state index in [2.05, 4.69) is 27.5 Å². The van der Waals surface area contributed by atoms with Crippen molar-refractivity contribution in [2.45, 2.75) is 82.3 Å². The summed E-state index contributed by atoms with van der Waals surface area (Å²) >= 11 is 1.57. The van der Waals surface area contributed by atoms with E-state index in [0.717, 1.165) is 41.3 Å². The fraction of sp³-hybridized carbons (Fsp3) is 0.516. The minimum atomic E-state index is -1.13. The molecule has 1 aromatic carbocycles. The molecule has 3 amide bonds. The van der Waals surface area contributed by atoms with Crippen LogP contribution in [0.5, 0.6) is 0 Å². The number of carbonyl (C=O) groups is 3. The third-order valence-corrected chi connectivity index (χ3v) is 9.69. The Labute approximate surface area is 270 Å². The number of nitrogens with zero attached hydrogens (tertiary/aromatic N) is 4. The van der Waals surface area contributed by atoms with E-state index in [9.17, 15) is 19.5 Å². The van der Waals surface area contributed by atoms with Gasteiger partial charge in [0, 0.05) is 41.2 Å². The molecular formula is C31H39N7O7S. The Balaban J connectivity index is 1.24. The normalized spacial score (nSPS) is 25.5. The predicted octanol–water partition coefficient (Wildman–Crippen LogP) is 3.69. The summed E-state index contributed by atoms with van der Waals surface area (Å²) < 4.78 is 20.3. The van der Waals surface area contributed by atoms with E-state index in [1.54, 1.807) is 23.3 Å². The molecule has 6 rings (SSSR count). The highest BCUT2D eigenvalue weighted by Crippen LogP contribution is 2.45. The molecule has 3 saturated heterocycles. The summed E-state index contributed by atoms with van der Waals surface area (Å²) in [5, 5.41) is 18.2. The molecule has 3 aromatic rings. The number of unbranched alkanes of at least 4 members (excludes halogenated alkanes) is 3. The van der Waals surface area contributed by atoms with Crippen LogP contribution in [0.15, 0.2) is 36.0 Å². The van der Waals surface area contributed by atoms with Crippen molar-refractivity contribution in [3.63, 3.8) is 0 Å². The number of aromatic nitrogens is 2. The first-order chi connectivity index (χ1) is 22.3. The fourth-order valence-electron chi connectivity index (χ4n) is 6.33. The molecule has 3 aliphatic rings. The van der Waals surface area contributed by atoms with Crippen LogP contribution in [0.2, 0.25) is 0 Å². The number of fused-ring (bicyclic) bond motifs is 2. The number of rotatable bonds is 11. The van der Waals surface area contributed by atoms with Crippen LogP contribution in [0, 0.1) is 0 Å². The summed E-state index contributed by atoms with van der Waals surface area (Å²) in [5.41, 5.74) is 7.40. The van der Waals surface area contributed by atoms with Crippen LogP contribution in [0.4, 0.5) is 22.1 Å². The molecule has 3 aliphatic heterocycles. The highest BCUT2D eigenvalue weighted by atomic mass is 32.1. The number of carboxylic acid groups (broad SMARTS) is 1. The lowest BCUT2D eigenvalue weighted by Crippen LogP contribution is -2.49. The Bertz CT molecular complexity index is 1590. The molecule has 2 aromatic heterocycles. The largest absolute Gasteiger partial charge is 0.480 e. The Morgan fingerprint density at radius 2 is 1.93 bits per heavy atom. The van der Waals surface area contributed by atoms with Crippen LogP contribution in [-0.4, -0.2) is 88.6 Å². The second-order valence-electron chi connectivity index (χ2n) is 11.7. The third-order valence-electron chi connectivity index (χ3n) is 8.71. The van der Waals surface area contributed by atoms with Gasteiger partial charge in [-0.3, -0.25) is 10.1 Å². The number of ether oxygens (including phenoxy) is 3. The van der Waals surface area contributed by atoms with Crippen molar-refractivity contribution in [1.82, 2.24) is 20.2 Å². The van der Waals surface area contributed by atoms with Gasteiger partial charge in [0.1, 0.15) is 30.3 Å². The van der Waals surface area contributed by atoms with Crippen LogP contribution >= 0.6 is 11.3 Å². The first kappa shape index (κ1) is 31.9. The molecule has 0 radical (unpaired) electrons. The van der Waals surface area contributed by atoms with Gasteiger partial charge in [-0.15, -0.1) is 11.3 Å². The van der Waals surface area contributed by atoms with Gasteiger partial charge < -0.3 is 40.2 Å². The number of aliphatic carboxylic acids is 1. The van der Waals surface area contributed by atoms with Crippen LogP contribution in [0.25, 0.3) is 10.1 Å². The van der Waals surface area contributed by atoms with Crippen LogP contribution in [0.3, 0.4) is 0 Å². The second kappa shape index (κ2) is 13.7. The van der Waals surface area contributed by atoms with Crippen LogP contribution in [0.1, 0.15) is 57.3 Å². The van der Waals surface area contributed by atoms with E-state index in [0.29, 0.717) is 25.9 Å². The van der Waals surface area contributed by atoms with Gasteiger partial charge in [0.05, 0.1) is 0 Å². The average molecular weight is 654 g/mol. The lowest BCUT2D eigenvalue weighted by molar-refractivity contribution is -0.165. The maximum absolute atomic E-state index is 13.9. The minimum Gasteiger partial charge on any atom is -0.480 e. The zero-order chi connectivity index (χ0) is 32.4. The monoisotopic (exact) mass is 653 g/mol. The number of hydrogen-bond donors (Lipinski definition) is 4. The molecule has 14 nitrogen and oxygen atoms in total. The summed E-state index contributed by atoms with van der Waals surface area (Å²) in [4.78, 5) is 49.9. The lowest BCUT2D eigenvalue weighted by atomic mass is 10.1. The van der Waals surface area contributed by atoms with Crippen LogP contribution < -0.4 is 21.3 Å². The Morgan fingerprint density at radius 1 is 1.13 bits per heavy atom. The van der Waals surface area contributed by atoms with E-state index in [4.69, 9.17) is 19.9 Å². The van der Waals surface area contributed by atoms with Crippen molar-refractivity contribution in [2.24, 2.45) is 0 Å². The number of thiophene rings is 1. The maximum Gasteiger partial charge on any atom is 0.326 e. The molecule has 15 heteroatoms. The number of anilines is 3. The van der Waals surface area contributed by atoms with Crippen molar-refractivity contribution >= 4 is 56.7 Å². The predicted molar refractivity (Wildman–Crippen MR) is 171 cm³/mol. The second-order valence-corrected chi connectivity index (χ2v) is 12.6. The van der Waals surface area contributed by atoms with Crippen molar-refractivity contribution < 1.29 is 33.7 Å². The summed E-state index contributed by atoms with van der Waals surface area (Å²) in [6.45, 7) is 2.95. The Kier molecular flexibility index (Phi) is 9.54. The number of hydrogen-bond acceptors (Lipinski definition) is 11. The smallest absolute Gasteiger partial charge is 0.326 e. The highest BCUT2D eigenvalue weighted by Gasteiger charge is 2.58. The molecule has 0 saturated carbocycles. The molecule has 5 heterocycles. The van der Waals surface area contributed by atoms with Gasteiger partial charge in [-0.1, -0.05) is 44.4 Å². The molecule has 3 fully saturated rings. The zero-order valence-corrected chi connectivity index (χ0v) is 26.6. The standard InChI is InChI=1S/C31H39N7O7S/c1-3-4-5-8-13-33-31(42)36-25-21(32)26(35-16-34-25)37(2)28-24-22(23(43-28)27(39)38-14-9-11-19(38)29(40)41)44-30(45-24)18-15-46-20-12-7-6-10-17(18)20/h6-7,10,12,15-16,19,22-24,28,30H,3-5,8-9,11,13-14,32H2,1-2H3,(H,40,41)(H2,33,34,35,36,42)/t19?,22?,23-,24?,28+,30?/m0/s1. The molecule has 246 valence electrons. The third kappa shape index (κ3) is 6.19. The number of likely N-dealkylation sites (tertiary alicyclic amines) is 1. The molecule has 4 unspecified atom stereocenters. The number of nitrogens with one attached hydrogen (secondary N) is 2. The van der Waals surface area contributed by atoms with Gasteiger partial charge in [-0.25, -0.2) is 19.6 Å². The molecule has 46 heavy (non-hydrogen) atoms. The number of amides is 3. The SMILES string of the molecule is CCCCCCNC(=O)Nc1ncnc(N(C)[C@@H]2O[C@H](C(=O)N3CCCC3C(=O)O)C3OC(c4csc5ccccc45)OC32)c1N. The van der Waals surface area contributed by atoms with Crippen LogP contribution in [-0.2, 0) is 23.8 Å². The summed E-state index contributed by atoms with van der Waals surface area (Å²) in [7, 11) is 1.69. The van der Waals surface area contributed by atoms with Crippen molar-refractivity contribution in [2.75, 3.05) is 36.1 Å². The molecule has 0 bridgehead atoms. The van der Waals surface area contributed by atoms with Gasteiger partial charge in [-0.05, 0) is 25.3 Å². The number of likely N-dealkylation sites (N-methyl/N-ethyl adjacent to an activating group) is 1. The van der Waals surface area contributed by atoms with Gasteiger partial charge >= 0.3 is 12.0 Å². The van der Waals surface area contributed by atoms with Crippen molar-refractivity contribution in [3.05, 3.63) is 41.5 Å². The van der Waals surface area contributed by atoms with Crippen molar-refractivity contribution in [3.8, 4) is 0 Å². The van der Waals surface area contributed by atoms with E-state index in [1.807, 2.05) is 29.6 Å². The van der Waals surface area contributed by atoms with Crippen molar-refractivity contribution in [1.29, 1.82) is 0 Å².